The van der Waals surface area contributed by atoms with E-state index in [0.717, 1.165) is 5.56 Å². The minimum Gasteiger partial charge on any atom is -0.347 e. The number of likely N-dealkylation sites (N-methyl/N-ethyl adjacent to an activating group) is 1. The lowest BCUT2D eigenvalue weighted by Crippen LogP contribution is -2.42. The van der Waals surface area contributed by atoms with Crippen LogP contribution in [0.1, 0.15) is 18.5 Å². The molecule has 0 saturated heterocycles. The summed E-state index contributed by atoms with van der Waals surface area (Å²) in [4.78, 5) is 25.2. The average Bonchev–Trinajstić information content (AvgIpc) is 2.39. The van der Waals surface area contributed by atoms with Gasteiger partial charge in [0.1, 0.15) is 0 Å². The van der Waals surface area contributed by atoms with Gasteiger partial charge in [-0.3, -0.25) is 9.59 Å². The predicted molar refractivity (Wildman–Crippen MR) is 74.6 cm³/mol. The first kappa shape index (κ1) is 15.2. The van der Waals surface area contributed by atoms with Crippen LogP contribution in [0.2, 0.25) is 0 Å². The van der Waals surface area contributed by atoms with E-state index in [0.29, 0.717) is 13.1 Å². The summed E-state index contributed by atoms with van der Waals surface area (Å²) in [5.41, 5.74) is 0.969. The first-order valence-electron chi connectivity index (χ1n) is 6.29. The van der Waals surface area contributed by atoms with Crippen LogP contribution in [-0.2, 0) is 9.59 Å². The van der Waals surface area contributed by atoms with Gasteiger partial charge < -0.3 is 15.5 Å². The standard InChI is InChI=1S/C14H21N3O2/c1-11(12-7-5-4-6-8-12)16-14(19)13(18)15-9-10-17(2)3/h4-8,11H,9-10H2,1-3H3,(H,15,18)(H,16,19)/t11-/m0/s1. The fourth-order valence-electron chi connectivity index (χ4n) is 1.56. The Balaban J connectivity index is 2.40. The van der Waals surface area contributed by atoms with Gasteiger partial charge in [0.05, 0.1) is 6.04 Å². The third-order valence-electron chi connectivity index (χ3n) is 2.70. The molecular formula is C14H21N3O2. The maximum atomic E-state index is 11.7. The van der Waals surface area contributed by atoms with Crippen molar-refractivity contribution in [2.75, 3.05) is 27.2 Å². The molecule has 5 nitrogen and oxygen atoms in total. The minimum absolute atomic E-state index is 0.187. The molecule has 0 aliphatic rings. The van der Waals surface area contributed by atoms with E-state index in [1.54, 1.807) is 0 Å². The largest absolute Gasteiger partial charge is 0.347 e. The molecule has 0 heterocycles. The van der Waals surface area contributed by atoms with Crippen LogP contribution in [-0.4, -0.2) is 43.9 Å². The van der Waals surface area contributed by atoms with Gasteiger partial charge in [-0.2, -0.15) is 0 Å². The van der Waals surface area contributed by atoms with Crippen LogP contribution < -0.4 is 10.6 Å². The van der Waals surface area contributed by atoms with Crippen LogP contribution >= 0.6 is 0 Å². The van der Waals surface area contributed by atoms with Crippen LogP contribution in [0, 0.1) is 0 Å². The van der Waals surface area contributed by atoms with Crippen molar-refractivity contribution < 1.29 is 9.59 Å². The quantitative estimate of drug-likeness (QED) is 0.762. The molecule has 104 valence electrons. The molecule has 0 unspecified atom stereocenters. The number of benzene rings is 1. The number of carbonyl (C=O) groups is 2. The lowest BCUT2D eigenvalue weighted by molar-refractivity contribution is -0.139. The van der Waals surface area contributed by atoms with Gasteiger partial charge in [0.2, 0.25) is 0 Å². The molecule has 2 N–H and O–H groups in total. The Labute approximate surface area is 114 Å². The van der Waals surface area contributed by atoms with Crippen molar-refractivity contribution >= 4 is 11.8 Å². The molecule has 1 rings (SSSR count). The molecule has 1 aromatic rings. The zero-order valence-electron chi connectivity index (χ0n) is 11.6. The summed E-state index contributed by atoms with van der Waals surface area (Å²) in [6.45, 7) is 3.01. The number of nitrogens with one attached hydrogen (secondary N) is 2. The van der Waals surface area contributed by atoms with E-state index in [1.807, 2.05) is 56.3 Å². The highest BCUT2D eigenvalue weighted by Crippen LogP contribution is 2.10. The SMILES string of the molecule is C[C@H](NC(=O)C(=O)NCCN(C)C)c1ccccc1. The van der Waals surface area contributed by atoms with Gasteiger partial charge >= 0.3 is 11.8 Å². The highest BCUT2D eigenvalue weighted by molar-refractivity contribution is 6.35. The van der Waals surface area contributed by atoms with Crippen molar-refractivity contribution in [1.29, 1.82) is 0 Å². The zero-order chi connectivity index (χ0) is 14.3. The van der Waals surface area contributed by atoms with E-state index in [2.05, 4.69) is 10.6 Å². The van der Waals surface area contributed by atoms with Crippen molar-refractivity contribution in [1.82, 2.24) is 15.5 Å². The van der Waals surface area contributed by atoms with Gasteiger partial charge in [0.15, 0.2) is 0 Å². The fraction of sp³-hybridized carbons (Fsp3) is 0.429. The maximum Gasteiger partial charge on any atom is 0.309 e. The van der Waals surface area contributed by atoms with Gasteiger partial charge in [-0.1, -0.05) is 30.3 Å². The molecule has 2 amide bonds. The van der Waals surface area contributed by atoms with E-state index < -0.39 is 11.8 Å². The molecule has 5 heteroatoms. The fourth-order valence-corrected chi connectivity index (χ4v) is 1.56. The minimum atomic E-state index is -0.602. The Morgan fingerprint density at radius 1 is 1.16 bits per heavy atom. The summed E-state index contributed by atoms with van der Waals surface area (Å²) < 4.78 is 0. The predicted octanol–water partition coefficient (Wildman–Crippen LogP) is 0.542. The smallest absolute Gasteiger partial charge is 0.309 e. The van der Waals surface area contributed by atoms with Gasteiger partial charge in [-0.15, -0.1) is 0 Å². The summed E-state index contributed by atoms with van der Waals surface area (Å²) in [5, 5.41) is 5.25. The van der Waals surface area contributed by atoms with Gasteiger partial charge in [-0.25, -0.2) is 0 Å². The number of rotatable bonds is 5. The number of carbonyl (C=O) groups excluding carboxylic acids is 2. The monoisotopic (exact) mass is 263 g/mol. The highest BCUT2D eigenvalue weighted by atomic mass is 16.2. The van der Waals surface area contributed by atoms with Gasteiger partial charge in [-0.05, 0) is 26.6 Å². The van der Waals surface area contributed by atoms with Crippen LogP contribution in [0.4, 0.5) is 0 Å². The third kappa shape index (κ3) is 5.52. The Kier molecular flexibility index (Phi) is 6.02. The molecule has 1 aromatic carbocycles. The molecule has 0 radical (unpaired) electrons. The molecule has 0 fully saturated rings. The first-order valence-corrected chi connectivity index (χ1v) is 6.29. The average molecular weight is 263 g/mol. The summed E-state index contributed by atoms with van der Waals surface area (Å²) in [5.74, 6) is -1.19. The van der Waals surface area contributed by atoms with Crippen molar-refractivity contribution in [2.45, 2.75) is 13.0 Å². The summed E-state index contributed by atoms with van der Waals surface area (Å²) in [7, 11) is 3.81. The number of hydrogen-bond donors (Lipinski definition) is 2. The molecule has 0 saturated carbocycles. The molecular weight excluding hydrogens is 242 g/mol. The number of hydrogen-bond acceptors (Lipinski definition) is 3. The van der Waals surface area contributed by atoms with Crippen LogP contribution in [0.3, 0.4) is 0 Å². The third-order valence-corrected chi connectivity index (χ3v) is 2.70. The maximum absolute atomic E-state index is 11.7. The molecule has 0 aromatic heterocycles. The summed E-state index contributed by atoms with van der Waals surface area (Å²) >= 11 is 0. The number of nitrogens with zero attached hydrogens (tertiary/aromatic N) is 1. The number of amides is 2. The van der Waals surface area contributed by atoms with Gasteiger partial charge in [0, 0.05) is 13.1 Å². The van der Waals surface area contributed by atoms with E-state index in [9.17, 15) is 9.59 Å². The summed E-state index contributed by atoms with van der Waals surface area (Å²) in [6, 6.07) is 9.34. The van der Waals surface area contributed by atoms with E-state index >= 15 is 0 Å². The molecule has 0 bridgehead atoms. The summed E-state index contributed by atoms with van der Waals surface area (Å²) in [6.07, 6.45) is 0. The second-order valence-electron chi connectivity index (χ2n) is 4.67. The van der Waals surface area contributed by atoms with E-state index in [1.165, 1.54) is 0 Å². The lowest BCUT2D eigenvalue weighted by atomic mass is 10.1. The second-order valence-corrected chi connectivity index (χ2v) is 4.67. The Morgan fingerprint density at radius 2 is 1.79 bits per heavy atom. The topological polar surface area (TPSA) is 61.4 Å². The van der Waals surface area contributed by atoms with Crippen LogP contribution in [0.25, 0.3) is 0 Å². The zero-order valence-corrected chi connectivity index (χ0v) is 11.6. The second kappa shape index (κ2) is 7.53. The Bertz CT molecular complexity index is 418. The van der Waals surface area contributed by atoms with E-state index in [4.69, 9.17) is 0 Å². The Morgan fingerprint density at radius 3 is 2.37 bits per heavy atom. The van der Waals surface area contributed by atoms with Crippen molar-refractivity contribution in [2.24, 2.45) is 0 Å². The van der Waals surface area contributed by atoms with Gasteiger partial charge in [0.25, 0.3) is 0 Å². The van der Waals surface area contributed by atoms with Crippen molar-refractivity contribution in [3.63, 3.8) is 0 Å². The van der Waals surface area contributed by atoms with Crippen LogP contribution in [0.5, 0.6) is 0 Å². The molecule has 0 aliphatic carbocycles. The van der Waals surface area contributed by atoms with E-state index in [-0.39, 0.29) is 6.04 Å². The van der Waals surface area contributed by atoms with Crippen molar-refractivity contribution in [3.05, 3.63) is 35.9 Å². The first-order chi connectivity index (χ1) is 9.00. The molecule has 19 heavy (non-hydrogen) atoms. The normalized spacial score (nSPS) is 12.0. The molecule has 0 spiro atoms. The molecule has 0 aliphatic heterocycles. The molecule has 1 atom stereocenters. The highest BCUT2D eigenvalue weighted by Gasteiger charge is 2.16. The Hall–Kier alpha value is -1.88. The lowest BCUT2D eigenvalue weighted by Gasteiger charge is -2.14. The van der Waals surface area contributed by atoms with Crippen LogP contribution in [0.15, 0.2) is 30.3 Å². The van der Waals surface area contributed by atoms with Crippen molar-refractivity contribution in [3.8, 4) is 0 Å².